The average molecular weight is 775 g/mol. The van der Waals surface area contributed by atoms with E-state index in [1.165, 1.54) is 6.33 Å². The van der Waals surface area contributed by atoms with Crippen LogP contribution in [0.1, 0.15) is 37.8 Å². The molecule has 56 heavy (non-hydrogen) atoms. The van der Waals surface area contributed by atoms with E-state index < -0.39 is 0 Å². The number of nitrogens with zero attached hydrogens (tertiary/aromatic N) is 6. The van der Waals surface area contributed by atoms with Crippen molar-refractivity contribution in [2.24, 2.45) is 0 Å². The van der Waals surface area contributed by atoms with Gasteiger partial charge in [0.25, 0.3) is 0 Å². The van der Waals surface area contributed by atoms with Gasteiger partial charge in [-0.3, -0.25) is 19.7 Å². The van der Waals surface area contributed by atoms with Gasteiger partial charge in [-0.1, -0.05) is 30.3 Å². The highest BCUT2D eigenvalue weighted by Crippen LogP contribution is 2.36. The van der Waals surface area contributed by atoms with Crippen LogP contribution in [-0.4, -0.2) is 92.2 Å². The van der Waals surface area contributed by atoms with Crippen LogP contribution in [0.4, 0.5) is 5.82 Å². The fraction of sp³-hybridized carbons (Fsp3) is 0.317. The van der Waals surface area contributed by atoms with Gasteiger partial charge in [0.2, 0.25) is 17.7 Å². The van der Waals surface area contributed by atoms with Gasteiger partial charge in [0.1, 0.15) is 42.0 Å². The zero-order valence-corrected chi connectivity index (χ0v) is 31.5. The lowest BCUT2D eigenvalue weighted by atomic mass is 10.1. The summed E-state index contributed by atoms with van der Waals surface area (Å²) in [5, 5.41) is 10.2. The van der Waals surface area contributed by atoms with E-state index in [0.717, 1.165) is 32.7 Å². The van der Waals surface area contributed by atoms with Crippen LogP contribution in [0.3, 0.4) is 0 Å². The number of benzene rings is 3. The standard InChI is InChI=1S/C41H42N8O6S/c42-39-37-38(27-9-11-31(12-10-27)55-30-6-2-1-3-7-30)46-49(40(37)44-26-43-39)29-15-17-47(18-16-29)36(51)25-54-20-19-53-21-22-56-34-8-4-5-28-23-48(24-32(28)34)33-13-14-35(50)45-41(33)52/h1-12,23-24,26,29,33H,13-22,25H2,(H2,42,43,44)(H,45,50,52). The molecule has 0 saturated carbocycles. The molecule has 1 unspecified atom stereocenters. The van der Waals surface area contributed by atoms with E-state index in [2.05, 4.69) is 21.4 Å². The summed E-state index contributed by atoms with van der Waals surface area (Å²) in [6, 6.07) is 23.1. The number of nitrogen functional groups attached to an aromatic ring is 1. The highest BCUT2D eigenvalue weighted by atomic mass is 32.2. The molecule has 2 saturated heterocycles. The number of likely N-dealkylation sites (tertiary alicyclic amines) is 1. The van der Waals surface area contributed by atoms with Crippen molar-refractivity contribution in [1.82, 2.24) is 34.5 Å². The molecule has 1 atom stereocenters. The van der Waals surface area contributed by atoms with Gasteiger partial charge < -0.3 is 29.4 Å². The average Bonchev–Trinajstić information content (AvgIpc) is 3.83. The third kappa shape index (κ3) is 8.25. The first-order valence-corrected chi connectivity index (χ1v) is 19.7. The second-order valence-corrected chi connectivity index (χ2v) is 14.9. The summed E-state index contributed by atoms with van der Waals surface area (Å²) in [4.78, 5) is 48.7. The van der Waals surface area contributed by atoms with Crippen molar-refractivity contribution in [3.05, 3.63) is 91.5 Å². The summed E-state index contributed by atoms with van der Waals surface area (Å²) in [5.41, 5.74) is 8.62. The third-order valence-corrected chi connectivity index (χ3v) is 11.1. The maximum absolute atomic E-state index is 13.0. The van der Waals surface area contributed by atoms with E-state index in [1.807, 2.05) is 93.3 Å². The van der Waals surface area contributed by atoms with Crippen LogP contribution in [0.2, 0.25) is 0 Å². The Hall–Kier alpha value is -5.77. The number of imide groups is 1. The molecule has 6 aromatic rings. The monoisotopic (exact) mass is 774 g/mol. The van der Waals surface area contributed by atoms with E-state index in [1.54, 1.807) is 11.8 Å². The molecule has 2 aliphatic rings. The molecule has 5 heterocycles. The first-order valence-electron chi connectivity index (χ1n) is 18.7. The first kappa shape index (κ1) is 37.2. The van der Waals surface area contributed by atoms with Crippen LogP contribution in [0, 0.1) is 0 Å². The maximum atomic E-state index is 13.0. The zero-order chi connectivity index (χ0) is 38.4. The number of piperidine rings is 2. The van der Waals surface area contributed by atoms with Gasteiger partial charge in [-0.15, -0.1) is 11.8 Å². The predicted octanol–water partition coefficient (Wildman–Crippen LogP) is 5.79. The van der Waals surface area contributed by atoms with Crippen molar-refractivity contribution in [3.63, 3.8) is 0 Å². The molecule has 3 aromatic heterocycles. The van der Waals surface area contributed by atoms with Crippen LogP contribution < -0.4 is 15.8 Å². The zero-order valence-electron chi connectivity index (χ0n) is 30.7. The molecule has 14 nitrogen and oxygen atoms in total. The summed E-state index contributed by atoms with van der Waals surface area (Å²) in [7, 11) is 0. The topological polar surface area (TPSA) is 169 Å². The molecule has 8 rings (SSSR count). The van der Waals surface area contributed by atoms with E-state index >= 15 is 0 Å². The van der Waals surface area contributed by atoms with Crippen molar-refractivity contribution in [2.45, 2.75) is 42.7 Å². The van der Waals surface area contributed by atoms with Gasteiger partial charge in [-0.25, -0.2) is 14.6 Å². The largest absolute Gasteiger partial charge is 0.457 e. The molecular weight excluding hydrogens is 733 g/mol. The Labute approximate surface area is 327 Å². The molecule has 15 heteroatoms. The predicted molar refractivity (Wildman–Crippen MR) is 212 cm³/mol. The number of ether oxygens (including phenoxy) is 3. The minimum Gasteiger partial charge on any atom is -0.457 e. The Morgan fingerprint density at radius 2 is 1.66 bits per heavy atom. The lowest BCUT2D eigenvalue weighted by molar-refractivity contribution is -0.138. The highest BCUT2D eigenvalue weighted by molar-refractivity contribution is 7.99. The number of hydrogen-bond donors (Lipinski definition) is 2. The number of rotatable bonds is 14. The van der Waals surface area contributed by atoms with E-state index in [-0.39, 0.29) is 36.4 Å². The number of aromatic nitrogens is 5. The molecule has 2 fully saturated rings. The number of thioether (sulfide) groups is 1. The highest BCUT2D eigenvalue weighted by Gasteiger charge is 2.29. The first-order chi connectivity index (χ1) is 27.4. The molecular formula is C41H42N8O6S. The lowest BCUT2D eigenvalue weighted by Gasteiger charge is -2.32. The van der Waals surface area contributed by atoms with Crippen molar-refractivity contribution >= 4 is 57.1 Å². The smallest absolute Gasteiger partial charge is 0.249 e. The minimum atomic E-state index is -0.385. The normalized spacial score (nSPS) is 16.4. The lowest BCUT2D eigenvalue weighted by Crippen LogP contribution is -2.41. The second kappa shape index (κ2) is 16.9. The van der Waals surface area contributed by atoms with E-state index in [0.29, 0.717) is 86.9 Å². The molecule has 2 aliphatic heterocycles. The van der Waals surface area contributed by atoms with Gasteiger partial charge >= 0.3 is 0 Å². The van der Waals surface area contributed by atoms with Crippen molar-refractivity contribution in [1.29, 1.82) is 0 Å². The quantitative estimate of drug-likeness (QED) is 0.0781. The Morgan fingerprint density at radius 1 is 0.875 bits per heavy atom. The van der Waals surface area contributed by atoms with Crippen molar-refractivity contribution in [3.8, 4) is 22.8 Å². The number of nitrogens with one attached hydrogen (secondary N) is 1. The van der Waals surface area contributed by atoms with Gasteiger partial charge in [0.05, 0.1) is 31.2 Å². The van der Waals surface area contributed by atoms with E-state index in [9.17, 15) is 14.4 Å². The summed E-state index contributed by atoms with van der Waals surface area (Å²) in [5.74, 6) is 2.04. The second-order valence-electron chi connectivity index (χ2n) is 13.7. The van der Waals surface area contributed by atoms with Gasteiger partial charge in [-0.05, 0) is 61.7 Å². The molecule has 0 bridgehead atoms. The number of hydrogen-bond acceptors (Lipinski definition) is 11. The number of fused-ring (bicyclic) bond motifs is 2. The van der Waals surface area contributed by atoms with Crippen LogP contribution >= 0.6 is 11.8 Å². The molecule has 3 N–H and O–H groups in total. The van der Waals surface area contributed by atoms with Crippen LogP contribution in [0.5, 0.6) is 11.5 Å². The molecule has 3 amide bonds. The Morgan fingerprint density at radius 3 is 2.46 bits per heavy atom. The van der Waals surface area contributed by atoms with Gasteiger partial charge in [-0.2, -0.15) is 5.10 Å². The summed E-state index contributed by atoms with van der Waals surface area (Å²) in [6.45, 7) is 2.37. The number of carbonyl (C=O) groups excluding carboxylic acids is 3. The number of carbonyl (C=O) groups is 3. The number of anilines is 1. The molecule has 3 aromatic carbocycles. The molecule has 288 valence electrons. The minimum absolute atomic E-state index is 0.00245. The van der Waals surface area contributed by atoms with E-state index in [4.69, 9.17) is 25.0 Å². The fourth-order valence-electron chi connectivity index (χ4n) is 7.23. The summed E-state index contributed by atoms with van der Waals surface area (Å²) in [6.07, 6.45) is 7.67. The Bertz CT molecular complexity index is 2340. The van der Waals surface area contributed by atoms with Crippen LogP contribution in [0.15, 0.2) is 96.4 Å². The molecule has 0 spiro atoms. The number of para-hydroxylation sites is 1. The van der Waals surface area contributed by atoms with Crippen molar-refractivity contribution < 1.29 is 28.6 Å². The molecule has 0 aliphatic carbocycles. The van der Waals surface area contributed by atoms with Gasteiger partial charge in [0, 0.05) is 58.9 Å². The number of amides is 3. The van der Waals surface area contributed by atoms with Crippen molar-refractivity contribution in [2.75, 3.05) is 51.0 Å². The van der Waals surface area contributed by atoms with Gasteiger partial charge in [0.15, 0.2) is 5.65 Å². The third-order valence-electron chi connectivity index (χ3n) is 10.1. The summed E-state index contributed by atoms with van der Waals surface area (Å²) < 4.78 is 21.3. The molecule has 0 radical (unpaired) electrons. The summed E-state index contributed by atoms with van der Waals surface area (Å²) >= 11 is 1.68. The van der Waals surface area contributed by atoms with Crippen LogP contribution in [0.25, 0.3) is 33.1 Å². The maximum Gasteiger partial charge on any atom is 0.249 e. The number of nitrogens with two attached hydrogens (primary N) is 1. The Balaban J connectivity index is 0.776. The fourth-order valence-corrected chi connectivity index (χ4v) is 8.15. The van der Waals surface area contributed by atoms with Crippen LogP contribution in [-0.2, 0) is 23.9 Å². The SMILES string of the molecule is Nc1ncnc2c1c(-c1ccc(Oc3ccccc3)cc1)nn2C1CCN(C(=O)COCCOCCSc2cccc3cn(C4CCC(=O)NC4=O)cc23)CC1. The Kier molecular flexibility index (Phi) is 11.2.